The largest absolute Gasteiger partial charge is 0.791 e. The van der Waals surface area contributed by atoms with Gasteiger partial charge in [-0.2, -0.15) is 0 Å². The predicted octanol–water partition coefficient (Wildman–Crippen LogP) is 5.23. The Balaban J connectivity index is 5.26. The normalized spacial score (nSPS) is 13.7. The third kappa shape index (κ3) is 9.49. The monoisotopic (exact) mass is 355 g/mol. The van der Waals surface area contributed by atoms with Gasteiger partial charge in [-0.1, -0.05) is 46.6 Å². The van der Waals surface area contributed by atoms with Gasteiger partial charge in [-0.3, -0.25) is 0 Å². The average molecular weight is 356 g/mol. The maximum atomic E-state index is 5.60. The van der Waals surface area contributed by atoms with Crippen LogP contribution in [0.3, 0.4) is 0 Å². The smallest absolute Gasteiger partial charge is 0.370 e. The summed E-state index contributed by atoms with van der Waals surface area (Å²) in [7, 11) is -3.34. The van der Waals surface area contributed by atoms with E-state index >= 15 is 0 Å². The summed E-state index contributed by atoms with van der Waals surface area (Å²) in [5, 5.41) is 12.4. The average Bonchev–Trinajstić information content (AvgIpc) is 2.55. The van der Waals surface area contributed by atoms with E-state index in [0.29, 0.717) is 0 Å². The number of rotatable bonds is 13. The molecule has 0 amide bonds. The number of hydrogen-bond acceptors (Lipinski definition) is 6. The van der Waals surface area contributed by atoms with Gasteiger partial charge in [0, 0.05) is 5.70 Å². The van der Waals surface area contributed by atoms with Crippen molar-refractivity contribution in [2.45, 2.75) is 80.1 Å². The van der Waals surface area contributed by atoms with E-state index in [-0.39, 0.29) is 0 Å². The fourth-order valence-electron chi connectivity index (χ4n) is 1.81. The highest BCUT2D eigenvalue weighted by Gasteiger charge is 2.48. The molecule has 0 aromatic carbocycles. The molecule has 0 aromatic rings. The van der Waals surface area contributed by atoms with Crippen LogP contribution in [0, 0.1) is 0 Å². The minimum atomic E-state index is -3.34. The van der Waals surface area contributed by atoms with Gasteiger partial charge in [0.1, 0.15) is 0 Å². The van der Waals surface area contributed by atoms with Crippen LogP contribution in [0.4, 0.5) is 0 Å². The van der Waals surface area contributed by atoms with Crippen LogP contribution in [0.5, 0.6) is 0 Å². The Morgan fingerprint density at radius 1 is 0.750 bits per heavy atom. The van der Waals surface area contributed by atoms with Gasteiger partial charge in [-0.05, 0) is 40.0 Å². The summed E-state index contributed by atoms with van der Waals surface area (Å²) in [5.74, 6) is 0. The highest BCUT2D eigenvalue weighted by Crippen LogP contribution is 2.15. The summed E-state index contributed by atoms with van der Waals surface area (Å²) in [5.41, 5.74) is 4.10. The van der Waals surface area contributed by atoms with Crippen LogP contribution in [0.2, 0.25) is 0 Å². The Hall–Kier alpha value is -1.63. The lowest BCUT2D eigenvalue weighted by atomic mass is 10.2. The molecule has 0 aliphatic carbocycles. The molecule has 0 aromatic heterocycles. The van der Waals surface area contributed by atoms with Crippen molar-refractivity contribution in [2.24, 2.45) is 15.5 Å². The second-order valence-electron chi connectivity index (χ2n) is 5.81. The minimum Gasteiger partial charge on any atom is -0.370 e. The molecule has 0 radical (unpaired) electrons. The van der Waals surface area contributed by atoms with Crippen molar-refractivity contribution in [1.82, 2.24) is 0 Å². The van der Waals surface area contributed by atoms with Crippen molar-refractivity contribution in [1.29, 1.82) is 0 Å². The molecule has 0 spiro atoms. The van der Waals surface area contributed by atoms with Gasteiger partial charge in [-0.25, -0.2) is 0 Å². The van der Waals surface area contributed by atoms with Gasteiger partial charge in [0.15, 0.2) is 0 Å². The van der Waals surface area contributed by atoms with E-state index < -0.39 is 8.80 Å². The van der Waals surface area contributed by atoms with Crippen molar-refractivity contribution >= 4 is 25.9 Å². The third-order valence-electron chi connectivity index (χ3n) is 3.07. The van der Waals surface area contributed by atoms with Gasteiger partial charge >= 0.3 is 8.80 Å². The Bertz CT molecular complexity index is 402. The molecule has 0 aliphatic heterocycles. The van der Waals surface area contributed by atoms with Crippen molar-refractivity contribution in [3.05, 3.63) is 12.3 Å². The van der Waals surface area contributed by atoms with E-state index in [0.717, 1.165) is 55.7 Å². The van der Waals surface area contributed by atoms with Crippen LogP contribution in [-0.2, 0) is 13.6 Å². The highest BCUT2D eigenvalue weighted by atomic mass is 28.4. The van der Waals surface area contributed by atoms with Gasteiger partial charge in [0.2, 0.25) is 0 Å². The van der Waals surface area contributed by atoms with Gasteiger partial charge in [-0.15, -0.1) is 15.5 Å². The Morgan fingerprint density at radius 3 is 1.25 bits per heavy atom. The van der Waals surface area contributed by atoms with Crippen LogP contribution in [0.1, 0.15) is 80.1 Å². The molecule has 0 atom stereocenters. The fourth-order valence-corrected chi connectivity index (χ4v) is 2.98. The highest BCUT2D eigenvalue weighted by molar-refractivity contribution is 6.66. The molecule has 0 saturated carbocycles. The zero-order valence-electron chi connectivity index (χ0n) is 16.1. The molecule has 0 saturated heterocycles. The number of hydrogen-bond donors (Lipinski definition) is 0. The molecule has 0 bridgehead atoms. The van der Waals surface area contributed by atoms with Crippen molar-refractivity contribution in [2.75, 3.05) is 0 Å². The van der Waals surface area contributed by atoms with Crippen LogP contribution in [0.25, 0.3) is 0 Å². The summed E-state index contributed by atoms with van der Waals surface area (Å²) < 4.78 is 16.8. The van der Waals surface area contributed by atoms with E-state index in [1.807, 2.05) is 20.8 Å². The van der Waals surface area contributed by atoms with Crippen LogP contribution in [0.15, 0.2) is 27.7 Å². The first-order valence-electron chi connectivity index (χ1n) is 8.71. The zero-order valence-corrected chi connectivity index (χ0v) is 17.1. The molecule has 138 valence electrons. The van der Waals surface area contributed by atoms with Crippen LogP contribution >= 0.6 is 0 Å². The fraction of sp³-hybridized carbons (Fsp3) is 0.706. The lowest BCUT2D eigenvalue weighted by Crippen LogP contribution is -2.40. The molecule has 0 N–H and O–H groups in total. The summed E-state index contributed by atoms with van der Waals surface area (Å²) in [6.45, 7) is 15.8. The lowest BCUT2D eigenvalue weighted by Gasteiger charge is -2.19. The molecule has 24 heavy (non-hydrogen) atoms. The summed E-state index contributed by atoms with van der Waals surface area (Å²) in [6.07, 6.45) is 5.51. The molecular formula is C17H33N3O3Si. The SMILES string of the molecule is C=C[Si](O/N=C(\C)CCC)(O/N=C(\C)CCC)O/N=C(\C)CCC. The standard InChI is InChI=1S/C17H33N3O3Si/c1-8-12-15(5)18-21-24(11-4,22-19-16(6)13-9-2)23-20-17(7)14-10-3/h11H,4,8-10,12-14H2,1-3,5-7H3/b18-15+,19-16+,20-17+. The van der Waals surface area contributed by atoms with Crippen molar-refractivity contribution in [3.63, 3.8) is 0 Å². The van der Waals surface area contributed by atoms with E-state index in [2.05, 4.69) is 42.8 Å². The first kappa shape index (κ1) is 22.4. The maximum Gasteiger partial charge on any atom is 0.791 e. The molecule has 0 unspecified atom stereocenters. The van der Waals surface area contributed by atoms with E-state index in [4.69, 9.17) is 13.6 Å². The zero-order chi connectivity index (χ0) is 18.4. The first-order chi connectivity index (χ1) is 11.4. The molecule has 7 heteroatoms. The molecular weight excluding hydrogens is 322 g/mol. The third-order valence-corrected chi connectivity index (χ3v) is 4.61. The van der Waals surface area contributed by atoms with Crippen molar-refractivity contribution in [3.8, 4) is 0 Å². The Labute approximate surface area is 148 Å². The van der Waals surface area contributed by atoms with Gasteiger partial charge < -0.3 is 13.6 Å². The summed E-state index contributed by atoms with van der Waals surface area (Å²) in [6, 6.07) is 0. The maximum absolute atomic E-state index is 5.60. The molecule has 0 aliphatic rings. The Kier molecular flexibility index (Phi) is 11.9. The van der Waals surface area contributed by atoms with E-state index in [9.17, 15) is 0 Å². The Morgan fingerprint density at radius 2 is 1.04 bits per heavy atom. The van der Waals surface area contributed by atoms with Gasteiger partial charge in [0.05, 0.1) is 17.1 Å². The number of oxime groups is 3. The predicted molar refractivity (Wildman–Crippen MR) is 103 cm³/mol. The van der Waals surface area contributed by atoms with E-state index in [1.165, 1.54) is 5.70 Å². The van der Waals surface area contributed by atoms with Gasteiger partial charge in [0.25, 0.3) is 0 Å². The topological polar surface area (TPSA) is 64.8 Å². The quantitative estimate of drug-likeness (QED) is 0.258. The summed E-state index contributed by atoms with van der Waals surface area (Å²) in [4.78, 5) is 0. The van der Waals surface area contributed by atoms with E-state index in [1.54, 1.807) is 0 Å². The number of nitrogens with zero attached hydrogens (tertiary/aromatic N) is 3. The first-order valence-corrected chi connectivity index (χ1v) is 10.5. The van der Waals surface area contributed by atoms with Crippen molar-refractivity contribution < 1.29 is 13.6 Å². The molecule has 0 rings (SSSR count). The second-order valence-corrected chi connectivity index (χ2v) is 7.97. The van der Waals surface area contributed by atoms with Crippen LogP contribution < -0.4 is 0 Å². The second kappa shape index (κ2) is 12.7. The molecule has 6 nitrogen and oxygen atoms in total. The molecule has 0 fully saturated rings. The lowest BCUT2D eigenvalue weighted by molar-refractivity contribution is 0.0784. The summed E-state index contributed by atoms with van der Waals surface area (Å²) >= 11 is 0. The minimum absolute atomic E-state index is 0.845. The molecule has 0 heterocycles. The van der Waals surface area contributed by atoms with Crippen LogP contribution in [-0.4, -0.2) is 25.9 Å².